The van der Waals surface area contributed by atoms with Crippen molar-refractivity contribution in [3.05, 3.63) is 0 Å². The van der Waals surface area contributed by atoms with Crippen molar-refractivity contribution in [1.29, 1.82) is 0 Å². The van der Waals surface area contributed by atoms with Crippen molar-refractivity contribution in [3.8, 4) is 0 Å². The topological polar surface area (TPSA) is 38.7 Å². The first-order chi connectivity index (χ1) is 7.44. The van der Waals surface area contributed by atoms with E-state index in [1.54, 1.807) is 6.92 Å². The molecule has 0 radical (unpaired) electrons. The van der Waals surface area contributed by atoms with Crippen molar-refractivity contribution in [1.82, 2.24) is 0 Å². The number of hydrogen-bond donors (Lipinski definition) is 1. The number of halogens is 3. The van der Waals surface area contributed by atoms with Gasteiger partial charge in [0.1, 0.15) is 6.10 Å². The Bertz CT molecular complexity index is 208. The van der Waals surface area contributed by atoms with E-state index in [4.69, 9.17) is 9.47 Å². The lowest BCUT2D eigenvalue weighted by atomic mass is 9.88. The summed E-state index contributed by atoms with van der Waals surface area (Å²) >= 11 is 0. The average molecular weight is 242 g/mol. The Kier molecular flexibility index (Phi) is 5.01. The van der Waals surface area contributed by atoms with Gasteiger partial charge in [0.15, 0.2) is 0 Å². The molecule has 1 rings (SSSR count). The van der Waals surface area contributed by atoms with E-state index in [9.17, 15) is 18.3 Å². The monoisotopic (exact) mass is 242 g/mol. The quantitative estimate of drug-likeness (QED) is 0.723. The molecule has 0 heterocycles. The second-order valence-electron chi connectivity index (χ2n) is 3.85. The number of aliphatic hydroxyl groups excluding tert-OH is 1. The number of aliphatic hydroxyl groups is 1. The Morgan fingerprint density at radius 3 is 2.50 bits per heavy atom. The molecule has 1 aliphatic rings. The Balaban J connectivity index is 2.10. The molecule has 0 spiro atoms. The van der Waals surface area contributed by atoms with E-state index < -0.39 is 18.7 Å². The number of alkyl halides is 3. The van der Waals surface area contributed by atoms with Crippen LogP contribution >= 0.6 is 0 Å². The van der Waals surface area contributed by atoms with Crippen molar-refractivity contribution in [2.75, 3.05) is 13.2 Å². The van der Waals surface area contributed by atoms with E-state index in [1.165, 1.54) is 0 Å². The lowest BCUT2D eigenvalue weighted by Gasteiger charge is -2.40. The van der Waals surface area contributed by atoms with Gasteiger partial charge < -0.3 is 14.6 Å². The highest BCUT2D eigenvalue weighted by atomic mass is 19.4. The van der Waals surface area contributed by atoms with Gasteiger partial charge in [0.2, 0.25) is 0 Å². The molecule has 1 N–H and O–H groups in total. The third-order valence-corrected chi connectivity index (χ3v) is 2.52. The summed E-state index contributed by atoms with van der Waals surface area (Å²) in [5, 5.41) is 9.31. The Morgan fingerprint density at radius 2 is 2.00 bits per heavy atom. The molecule has 0 aromatic heterocycles. The maximum absolute atomic E-state index is 11.8. The zero-order valence-corrected chi connectivity index (χ0v) is 9.17. The largest absolute Gasteiger partial charge is 0.390 e. The van der Waals surface area contributed by atoms with Crippen LogP contribution in [0, 0.1) is 0 Å². The van der Waals surface area contributed by atoms with Crippen LogP contribution in [0.5, 0.6) is 0 Å². The maximum atomic E-state index is 11.8. The number of rotatable bonds is 6. The van der Waals surface area contributed by atoms with Gasteiger partial charge >= 0.3 is 6.18 Å². The fourth-order valence-electron chi connectivity index (χ4n) is 1.64. The first-order valence-electron chi connectivity index (χ1n) is 5.42. The normalized spacial score (nSPS) is 30.2. The lowest BCUT2D eigenvalue weighted by molar-refractivity contribution is -0.194. The molecule has 3 nitrogen and oxygen atoms in total. The average Bonchev–Trinajstić information content (AvgIpc) is 2.17. The highest BCUT2D eigenvalue weighted by Crippen LogP contribution is 2.28. The second-order valence-corrected chi connectivity index (χ2v) is 3.85. The predicted molar refractivity (Wildman–Crippen MR) is 51.1 cm³/mol. The smallest absolute Gasteiger partial charge is 0.389 e. The van der Waals surface area contributed by atoms with Gasteiger partial charge in [-0.15, -0.1) is 0 Å². The third-order valence-electron chi connectivity index (χ3n) is 2.52. The molecule has 0 aliphatic heterocycles. The molecule has 96 valence electrons. The van der Waals surface area contributed by atoms with E-state index in [0.29, 0.717) is 13.0 Å². The minimum absolute atomic E-state index is 0.0467. The number of ether oxygens (including phenoxy) is 2. The molecule has 1 aliphatic carbocycles. The molecular formula is C10H17F3O3. The molecular weight excluding hydrogens is 225 g/mol. The summed E-state index contributed by atoms with van der Waals surface area (Å²) in [4.78, 5) is 0. The van der Waals surface area contributed by atoms with E-state index in [2.05, 4.69) is 0 Å². The molecule has 16 heavy (non-hydrogen) atoms. The summed E-state index contributed by atoms with van der Waals surface area (Å²) in [6.45, 7) is 2.32. The SMILES string of the molecule is CCOC1C(O)CC1OCCCC(F)(F)F. The molecule has 6 heteroatoms. The first-order valence-corrected chi connectivity index (χ1v) is 5.42. The maximum Gasteiger partial charge on any atom is 0.389 e. The van der Waals surface area contributed by atoms with Crippen molar-refractivity contribution in [2.45, 2.75) is 50.7 Å². The van der Waals surface area contributed by atoms with Gasteiger partial charge in [-0.3, -0.25) is 0 Å². The van der Waals surface area contributed by atoms with Gasteiger partial charge in [0.05, 0.1) is 12.2 Å². The zero-order chi connectivity index (χ0) is 12.2. The lowest BCUT2D eigenvalue weighted by Crippen LogP contribution is -2.53. The summed E-state index contributed by atoms with van der Waals surface area (Å²) < 4.78 is 45.9. The third kappa shape index (κ3) is 4.27. The van der Waals surface area contributed by atoms with Crippen molar-refractivity contribution >= 4 is 0 Å². The molecule has 3 unspecified atom stereocenters. The van der Waals surface area contributed by atoms with Crippen LogP contribution in [0.15, 0.2) is 0 Å². The molecule has 0 bridgehead atoms. The Morgan fingerprint density at radius 1 is 1.31 bits per heavy atom. The van der Waals surface area contributed by atoms with E-state index in [1.807, 2.05) is 0 Å². The molecule has 0 amide bonds. The molecule has 1 saturated carbocycles. The van der Waals surface area contributed by atoms with Crippen LogP contribution in [-0.4, -0.2) is 42.8 Å². The number of hydrogen-bond acceptors (Lipinski definition) is 3. The van der Waals surface area contributed by atoms with Crippen LogP contribution in [0.3, 0.4) is 0 Å². The van der Waals surface area contributed by atoms with Crippen LogP contribution in [0.25, 0.3) is 0 Å². The van der Waals surface area contributed by atoms with Gasteiger partial charge in [0.25, 0.3) is 0 Å². The molecule has 0 aromatic rings. The first kappa shape index (κ1) is 13.7. The zero-order valence-electron chi connectivity index (χ0n) is 9.17. The van der Waals surface area contributed by atoms with Gasteiger partial charge in [-0.1, -0.05) is 0 Å². The van der Waals surface area contributed by atoms with Crippen molar-refractivity contribution in [2.24, 2.45) is 0 Å². The van der Waals surface area contributed by atoms with Crippen LogP contribution in [0.1, 0.15) is 26.2 Å². The highest BCUT2D eigenvalue weighted by Gasteiger charge is 2.41. The fourth-order valence-corrected chi connectivity index (χ4v) is 1.64. The summed E-state index contributed by atoms with van der Waals surface area (Å²) in [7, 11) is 0. The highest BCUT2D eigenvalue weighted by molar-refractivity contribution is 4.91. The molecule has 1 fully saturated rings. The molecule has 0 aromatic carbocycles. The minimum atomic E-state index is -4.12. The van der Waals surface area contributed by atoms with Crippen LogP contribution in [0.2, 0.25) is 0 Å². The van der Waals surface area contributed by atoms with E-state index >= 15 is 0 Å². The Hall–Kier alpha value is -0.330. The van der Waals surface area contributed by atoms with Gasteiger partial charge in [-0.05, 0) is 13.3 Å². The predicted octanol–water partition coefficient (Wildman–Crippen LogP) is 1.88. The second kappa shape index (κ2) is 5.84. The summed E-state index contributed by atoms with van der Waals surface area (Å²) in [6, 6.07) is 0. The van der Waals surface area contributed by atoms with Crippen molar-refractivity contribution < 1.29 is 27.8 Å². The minimum Gasteiger partial charge on any atom is -0.390 e. The van der Waals surface area contributed by atoms with Crippen LogP contribution < -0.4 is 0 Å². The molecule has 3 atom stereocenters. The van der Waals surface area contributed by atoms with Gasteiger partial charge in [-0.25, -0.2) is 0 Å². The van der Waals surface area contributed by atoms with Gasteiger partial charge in [0, 0.05) is 26.1 Å². The van der Waals surface area contributed by atoms with Crippen LogP contribution in [-0.2, 0) is 9.47 Å². The van der Waals surface area contributed by atoms with Crippen LogP contribution in [0.4, 0.5) is 13.2 Å². The van der Waals surface area contributed by atoms with E-state index in [-0.39, 0.29) is 25.2 Å². The Labute approximate surface area is 92.5 Å². The van der Waals surface area contributed by atoms with Crippen molar-refractivity contribution in [3.63, 3.8) is 0 Å². The fraction of sp³-hybridized carbons (Fsp3) is 1.00. The van der Waals surface area contributed by atoms with E-state index in [0.717, 1.165) is 0 Å². The summed E-state index contributed by atoms with van der Waals surface area (Å²) in [5.41, 5.74) is 0. The summed E-state index contributed by atoms with van der Waals surface area (Å²) in [6.07, 6.45) is -5.75. The molecule has 0 saturated heterocycles. The standard InChI is InChI=1S/C10H17F3O3/c1-2-15-9-7(14)6-8(9)16-5-3-4-10(11,12)13/h7-9,14H,2-6H2,1H3. The summed E-state index contributed by atoms with van der Waals surface area (Å²) in [5.74, 6) is 0. The van der Waals surface area contributed by atoms with Gasteiger partial charge in [-0.2, -0.15) is 13.2 Å².